The average molecular weight is 275 g/mol. The fourth-order valence-corrected chi connectivity index (χ4v) is 2.97. The summed E-state index contributed by atoms with van der Waals surface area (Å²) < 4.78 is 5.93. The molecule has 1 saturated carbocycles. The molecule has 0 aromatic heterocycles. The Morgan fingerprint density at radius 2 is 2.20 bits per heavy atom. The Balaban J connectivity index is 1.70. The van der Waals surface area contributed by atoms with Crippen LogP contribution < -0.4 is 4.74 Å². The van der Waals surface area contributed by atoms with Crippen molar-refractivity contribution in [1.82, 2.24) is 4.90 Å². The topological polar surface area (TPSA) is 49.8 Å². The molecule has 1 aromatic carbocycles. The number of ether oxygens (including phenoxy) is 1. The van der Waals surface area contributed by atoms with Crippen LogP contribution in [0.15, 0.2) is 24.3 Å². The molecule has 0 bridgehead atoms. The van der Waals surface area contributed by atoms with Crippen molar-refractivity contribution in [3.63, 3.8) is 0 Å². The van der Waals surface area contributed by atoms with Crippen LogP contribution in [0.3, 0.4) is 0 Å². The number of rotatable bonds is 6. The molecule has 1 saturated heterocycles. The molecule has 1 aliphatic carbocycles. The summed E-state index contributed by atoms with van der Waals surface area (Å²) in [5, 5.41) is 9.08. The minimum Gasteiger partial charge on any atom is -0.488 e. The molecule has 4 heteroatoms. The molecular formula is C16H21NO3. The molecule has 108 valence electrons. The number of nitrogens with zero attached hydrogens (tertiary/aromatic N) is 1. The van der Waals surface area contributed by atoms with E-state index in [-0.39, 0.29) is 18.4 Å². The zero-order valence-corrected chi connectivity index (χ0v) is 11.8. The highest BCUT2D eigenvalue weighted by Gasteiger charge is 2.34. The maximum Gasteiger partial charge on any atom is 0.303 e. The van der Waals surface area contributed by atoms with E-state index in [9.17, 15) is 4.79 Å². The summed E-state index contributed by atoms with van der Waals surface area (Å²) in [4.78, 5) is 13.2. The molecule has 1 N–H and O–H groups in total. The number of carbonyl (C=O) groups is 1. The van der Waals surface area contributed by atoms with Gasteiger partial charge in [0.05, 0.1) is 6.42 Å². The molecular weight excluding hydrogens is 254 g/mol. The number of benzene rings is 1. The van der Waals surface area contributed by atoms with E-state index in [1.807, 2.05) is 24.3 Å². The molecule has 2 aliphatic rings. The molecule has 0 radical (unpaired) electrons. The van der Waals surface area contributed by atoms with Gasteiger partial charge in [-0.05, 0) is 49.4 Å². The van der Waals surface area contributed by atoms with Crippen LogP contribution in [0.2, 0.25) is 0 Å². The quantitative estimate of drug-likeness (QED) is 0.866. The summed E-state index contributed by atoms with van der Waals surface area (Å²) in [6.07, 6.45) is 2.79. The second kappa shape index (κ2) is 5.44. The summed E-state index contributed by atoms with van der Waals surface area (Å²) >= 11 is 0. The van der Waals surface area contributed by atoms with Crippen LogP contribution in [0.5, 0.6) is 5.75 Å². The Bertz CT molecular complexity index is 492. The van der Waals surface area contributed by atoms with Gasteiger partial charge in [-0.2, -0.15) is 0 Å². The lowest BCUT2D eigenvalue weighted by atomic mass is 9.91. The van der Waals surface area contributed by atoms with E-state index < -0.39 is 5.97 Å². The Hall–Kier alpha value is -1.55. The van der Waals surface area contributed by atoms with Crippen molar-refractivity contribution in [2.45, 2.75) is 31.3 Å². The van der Waals surface area contributed by atoms with Crippen LogP contribution in [-0.2, 0) is 4.79 Å². The van der Waals surface area contributed by atoms with E-state index >= 15 is 0 Å². The summed E-state index contributed by atoms with van der Waals surface area (Å²) in [5.41, 5.74) is 1.11. The molecule has 0 amide bonds. The van der Waals surface area contributed by atoms with Gasteiger partial charge in [-0.3, -0.25) is 9.69 Å². The van der Waals surface area contributed by atoms with Crippen LogP contribution in [0.4, 0.5) is 0 Å². The first-order chi connectivity index (χ1) is 9.61. The Kier molecular flexibility index (Phi) is 3.66. The number of carboxylic acid groups (broad SMARTS) is 1. The van der Waals surface area contributed by atoms with Crippen molar-refractivity contribution in [1.29, 1.82) is 0 Å². The van der Waals surface area contributed by atoms with Crippen LogP contribution in [0.1, 0.15) is 30.7 Å². The highest BCUT2D eigenvalue weighted by atomic mass is 16.5. The maximum absolute atomic E-state index is 11.0. The van der Waals surface area contributed by atoms with E-state index in [1.54, 1.807) is 0 Å². The van der Waals surface area contributed by atoms with Gasteiger partial charge in [0.1, 0.15) is 11.9 Å². The van der Waals surface area contributed by atoms with Gasteiger partial charge in [0.2, 0.25) is 0 Å². The number of likely N-dealkylation sites (tertiary alicyclic amines) is 1. The lowest BCUT2D eigenvalue weighted by Crippen LogP contribution is -2.51. The standard InChI is InChI=1S/C16H21NO3/c1-17-9-14(10-17)20-13-4-2-3-12(7-13)15(8-16(18)19)11-5-6-11/h2-4,7,11,14-15H,5-6,8-10H2,1H3,(H,18,19). The maximum atomic E-state index is 11.0. The van der Waals surface area contributed by atoms with E-state index in [1.165, 1.54) is 0 Å². The monoisotopic (exact) mass is 275 g/mol. The molecule has 2 fully saturated rings. The van der Waals surface area contributed by atoms with E-state index in [2.05, 4.69) is 11.9 Å². The predicted octanol–water partition coefficient (Wildman–Crippen LogP) is 2.35. The van der Waals surface area contributed by atoms with Gasteiger partial charge < -0.3 is 9.84 Å². The third-order valence-corrected chi connectivity index (χ3v) is 4.21. The number of hydrogen-bond acceptors (Lipinski definition) is 3. The highest BCUT2D eigenvalue weighted by molar-refractivity contribution is 5.68. The van der Waals surface area contributed by atoms with E-state index in [0.29, 0.717) is 5.92 Å². The molecule has 1 heterocycles. The summed E-state index contributed by atoms with van der Waals surface area (Å²) in [6.45, 7) is 1.93. The summed E-state index contributed by atoms with van der Waals surface area (Å²) in [6, 6.07) is 8.01. The highest BCUT2D eigenvalue weighted by Crippen LogP contribution is 2.45. The Labute approximate surface area is 119 Å². The smallest absolute Gasteiger partial charge is 0.303 e. The normalized spacial score (nSPS) is 21.2. The average Bonchev–Trinajstić information content (AvgIpc) is 3.18. The van der Waals surface area contributed by atoms with Crippen LogP contribution in [-0.4, -0.2) is 42.2 Å². The SMILES string of the molecule is CN1CC(Oc2cccc(C(CC(=O)O)C3CC3)c2)C1. The first-order valence-electron chi connectivity index (χ1n) is 7.29. The molecule has 1 aliphatic heterocycles. The third kappa shape index (κ3) is 3.12. The van der Waals surface area contributed by atoms with Gasteiger partial charge in [-0.15, -0.1) is 0 Å². The second-order valence-electron chi connectivity index (χ2n) is 6.08. The van der Waals surface area contributed by atoms with Crippen molar-refractivity contribution in [2.24, 2.45) is 5.92 Å². The molecule has 0 spiro atoms. The molecule has 1 aromatic rings. The van der Waals surface area contributed by atoms with Crippen LogP contribution >= 0.6 is 0 Å². The minimum absolute atomic E-state index is 0.139. The number of aliphatic carboxylic acids is 1. The molecule has 4 nitrogen and oxygen atoms in total. The van der Waals surface area contributed by atoms with E-state index in [4.69, 9.17) is 9.84 Å². The fourth-order valence-electron chi connectivity index (χ4n) is 2.97. The summed E-state index contributed by atoms with van der Waals surface area (Å²) in [7, 11) is 2.08. The van der Waals surface area contributed by atoms with Crippen molar-refractivity contribution < 1.29 is 14.6 Å². The fraction of sp³-hybridized carbons (Fsp3) is 0.562. The van der Waals surface area contributed by atoms with Crippen molar-refractivity contribution in [2.75, 3.05) is 20.1 Å². The Morgan fingerprint density at radius 3 is 2.80 bits per heavy atom. The first kappa shape index (κ1) is 13.4. The van der Waals surface area contributed by atoms with Gasteiger partial charge >= 0.3 is 5.97 Å². The minimum atomic E-state index is -0.714. The lowest BCUT2D eigenvalue weighted by Gasteiger charge is -2.36. The first-order valence-corrected chi connectivity index (χ1v) is 7.29. The molecule has 20 heavy (non-hydrogen) atoms. The number of likely N-dealkylation sites (N-methyl/N-ethyl adjacent to an activating group) is 1. The number of carboxylic acids is 1. The zero-order chi connectivity index (χ0) is 14.1. The van der Waals surface area contributed by atoms with Gasteiger partial charge in [-0.25, -0.2) is 0 Å². The zero-order valence-electron chi connectivity index (χ0n) is 11.8. The van der Waals surface area contributed by atoms with Crippen molar-refractivity contribution >= 4 is 5.97 Å². The number of hydrogen-bond donors (Lipinski definition) is 1. The van der Waals surface area contributed by atoms with Crippen molar-refractivity contribution in [3.8, 4) is 5.75 Å². The largest absolute Gasteiger partial charge is 0.488 e. The van der Waals surface area contributed by atoms with Gasteiger partial charge in [0.15, 0.2) is 0 Å². The predicted molar refractivity (Wildman–Crippen MR) is 76.1 cm³/mol. The summed E-state index contributed by atoms with van der Waals surface area (Å²) in [5.74, 6) is 0.835. The van der Waals surface area contributed by atoms with Gasteiger partial charge in [-0.1, -0.05) is 12.1 Å². The van der Waals surface area contributed by atoms with Crippen LogP contribution in [0, 0.1) is 5.92 Å². The lowest BCUT2D eigenvalue weighted by molar-refractivity contribution is -0.137. The second-order valence-corrected chi connectivity index (χ2v) is 6.08. The van der Waals surface area contributed by atoms with Crippen LogP contribution in [0.25, 0.3) is 0 Å². The van der Waals surface area contributed by atoms with E-state index in [0.717, 1.165) is 37.2 Å². The molecule has 1 atom stereocenters. The van der Waals surface area contributed by atoms with Crippen molar-refractivity contribution in [3.05, 3.63) is 29.8 Å². The third-order valence-electron chi connectivity index (χ3n) is 4.21. The van der Waals surface area contributed by atoms with Gasteiger partial charge in [0, 0.05) is 13.1 Å². The molecule has 3 rings (SSSR count). The Morgan fingerprint density at radius 1 is 1.45 bits per heavy atom. The van der Waals surface area contributed by atoms with Gasteiger partial charge in [0.25, 0.3) is 0 Å². The molecule has 1 unspecified atom stereocenters.